The van der Waals surface area contributed by atoms with Crippen LogP contribution in [0, 0.1) is 59.2 Å². The lowest BCUT2D eigenvalue weighted by Crippen LogP contribution is -2.37. The van der Waals surface area contributed by atoms with Crippen molar-refractivity contribution in [2.75, 3.05) is 39.6 Å². The van der Waals surface area contributed by atoms with Gasteiger partial charge in [-0.1, -0.05) is 133 Å². The lowest BCUT2D eigenvalue weighted by Gasteiger charge is -2.34. The summed E-state index contributed by atoms with van der Waals surface area (Å²) in [5, 5.41) is 3.85. The number of nitrogens with one attached hydrogen (secondary N) is 4. The molecule has 0 bridgehead atoms. The van der Waals surface area contributed by atoms with Crippen LogP contribution in [0.3, 0.4) is 0 Å². The molecule has 3 aliphatic rings. The highest BCUT2D eigenvalue weighted by molar-refractivity contribution is 5.90. The number of benzene rings is 6. The average Bonchev–Trinajstić information content (AvgIpc) is 1.62. The molecule has 12 N–H and O–H groups in total. The number of para-hydroxylation sites is 4. The van der Waals surface area contributed by atoms with Gasteiger partial charge in [0.05, 0.1) is 52.9 Å². The molecule has 6 aromatic carbocycles. The second-order valence-electron chi connectivity index (χ2n) is 27.1. The van der Waals surface area contributed by atoms with E-state index in [0.29, 0.717) is 57.7 Å². The molecule has 3 fully saturated rings. The van der Waals surface area contributed by atoms with Crippen molar-refractivity contribution in [3.8, 4) is 0 Å². The number of carbonyl (C=O) groups is 4. The molecule has 0 amide bonds. The quantitative estimate of drug-likeness (QED) is 0.0160. The normalized spacial score (nSPS) is 23.1. The van der Waals surface area contributed by atoms with Crippen molar-refractivity contribution in [3.05, 3.63) is 216 Å². The van der Waals surface area contributed by atoms with Gasteiger partial charge >= 0.3 is 23.9 Å². The lowest BCUT2D eigenvalue weighted by molar-refractivity contribution is -0.148. The molecule has 96 heavy (non-hydrogen) atoms. The van der Waals surface area contributed by atoms with Crippen molar-refractivity contribution < 1.29 is 47.6 Å². The van der Waals surface area contributed by atoms with Gasteiger partial charge in [0.15, 0.2) is 0 Å². The Kier molecular flexibility index (Phi) is 20.9. The molecule has 14 atom stereocenters. The maximum absolute atomic E-state index is 14.3. The maximum atomic E-state index is 14.3. The Bertz CT molecular complexity index is 4240. The fourth-order valence-corrected chi connectivity index (χ4v) is 16.5. The minimum atomic E-state index is -1.04. The molecule has 4 aromatic heterocycles. The maximum Gasteiger partial charge on any atom is 0.327 e. The number of hydrogen-bond acceptors (Lipinski definition) is 14. The zero-order chi connectivity index (χ0) is 66.1. The van der Waals surface area contributed by atoms with Crippen molar-refractivity contribution in [1.82, 2.24) is 19.9 Å². The number of hydrogen-bond donors (Lipinski definition) is 8. The van der Waals surface area contributed by atoms with Gasteiger partial charge in [-0.25, -0.2) is 4.79 Å². The third-order valence-corrected chi connectivity index (χ3v) is 21.2. The standard InChI is InChI=1S/C78H88N8O10/c79-65(32-51-35-83-68-23-11-7-19-58(51)68)75(87)93-41-54-30-56(43-95-77(89)67(81)34-53-37-85-70-25-13-9-21-60(53)70)72(63(54)45-91-39-47-15-3-1-4-16-47)49-27-28-50(29-49)73-57(44-96-78(90)74(82)62-38-86-71-26-14-10-22-61(62)71)31-55(64(73)46-92-40-48-17-5-2-6-18-48)42-94-76(88)66(80)33-52-36-84-69-24-12-8-20-59(52)69/h1-26,35-38,49-50,54-57,63-67,72-74,83-86H,27-34,39-46,79-82H2. The number of nitrogens with two attached hydrogens (primary N) is 4. The molecule has 3 saturated carbocycles. The highest BCUT2D eigenvalue weighted by Gasteiger charge is 2.54. The number of fused-ring (bicyclic) bond motifs is 4. The number of esters is 4. The third-order valence-electron chi connectivity index (χ3n) is 21.2. The molecule has 10 aromatic rings. The van der Waals surface area contributed by atoms with E-state index in [9.17, 15) is 19.2 Å². The number of H-pyrrole nitrogens is 4. The van der Waals surface area contributed by atoms with E-state index >= 15 is 0 Å². The van der Waals surface area contributed by atoms with E-state index in [1.54, 1.807) is 6.20 Å². The smallest absolute Gasteiger partial charge is 0.327 e. The van der Waals surface area contributed by atoms with Crippen LogP contribution in [0.25, 0.3) is 43.6 Å². The molecule has 500 valence electrons. The minimum absolute atomic E-state index is 0.0537. The van der Waals surface area contributed by atoms with Crippen molar-refractivity contribution in [1.29, 1.82) is 0 Å². The Hall–Kier alpha value is -8.88. The number of rotatable bonds is 29. The second-order valence-corrected chi connectivity index (χ2v) is 27.1. The van der Waals surface area contributed by atoms with Crippen LogP contribution >= 0.6 is 0 Å². The topological polar surface area (TPSA) is 291 Å². The van der Waals surface area contributed by atoms with Crippen molar-refractivity contribution in [3.63, 3.8) is 0 Å². The number of ether oxygens (including phenoxy) is 6. The van der Waals surface area contributed by atoms with Gasteiger partial charge < -0.3 is 71.3 Å². The molecule has 0 saturated heterocycles. The van der Waals surface area contributed by atoms with Crippen molar-refractivity contribution >= 4 is 67.5 Å². The van der Waals surface area contributed by atoms with Gasteiger partial charge in [-0.05, 0) is 143 Å². The first-order valence-corrected chi connectivity index (χ1v) is 34.0. The first-order valence-electron chi connectivity index (χ1n) is 34.0. The zero-order valence-corrected chi connectivity index (χ0v) is 54.1. The summed E-state index contributed by atoms with van der Waals surface area (Å²) in [6.07, 6.45) is 12.0. The van der Waals surface area contributed by atoms with E-state index < -0.39 is 48.0 Å². The highest BCUT2D eigenvalue weighted by Crippen LogP contribution is 2.57. The van der Waals surface area contributed by atoms with Crippen LogP contribution in [0.2, 0.25) is 0 Å². The Morgan fingerprint density at radius 2 is 0.708 bits per heavy atom. The van der Waals surface area contributed by atoms with Gasteiger partial charge in [0.25, 0.3) is 0 Å². The Morgan fingerprint density at radius 3 is 1.11 bits per heavy atom. The van der Waals surface area contributed by atoms with Gasteiger partial charge in [-0.2, -0.15) is 0 Å². The molecule has 13 rings (SSSR count). The fourth-order valence-electron chi connectivity index (χ4n) is 16.5. The number of carbonyl (C=O) groups excluding carboxylic acids is 4. The molecule has 0 aliphatic heterocycles. The van der Waals surface area contributed by atoms with Crippen LogP contribution in [-0.2, 0) is 80.1 Å². The van der Waals surface area contributed by atoms with Crippen LogP contribution in [0.1, 0.15) is 71.5 Å². The van der Waals surface area contributed by atoms with Crippen molar-refractivity contribution in [2.24, 2.45) is 82.1 Å². The van der Waals surface area contributed by atoms with Gasteiger partial charge in [-0.3, -0.25) is 14.4 Å². The van der Waals surface area contributed by atoms with Crippen LogP contribution < -0.4 is 22.9 Å². The Balaban J connectivity index is 0.789. The summed E-state index contributed by atoms with van der Waals surface area (Å²) < 4.78 is 38.9. The summed E-state index contributed by atoms with van der Waals surface area (Å²) in [6.45, 7) is 1.85. The Labute approximate surface area is 558 Å². The Morgan fingerprint density at radius 1 is 0.375 bits per heavy atom. The molecule has 18 nitrogen and oxygen atoms in total. The van der Waals surface area contributed by atoms with Crippen LogP contribution in [-0.4, -0.2) is 102 Å². The first kappa shape index (κ1) is 65.8. The lowest BCUT2D eigenvalue weighted by atomic mass is 9.73. The third kappa shape index (κ3) is 15.0. The monoisotopic (exact) mass is 1300 g/mol. The first-order chi connectivity index (χ1) is 46.9. The number of aromatic nitrogens is 4. The number of aromatic amines is 4. The van der Waals surface area contributed by atoms with Crippen LogP contribution in [0.5, 0.6) is 0 Å². The van der Waals surface area contributed by atoms with Gasteiger partial charge in [-0.15, -0.1) is 0 Å². The molecular weight excluding hydrogens is 1210 g/mol. The van der Waals surface area contributed by atoms with Crippen molar-refractivity contribution in [2.45, 2.75) is 88.7 Å². The summed E-state index contributed by atoms with van der Waals surface area (Å²) in [4.78, 5) is 70.0. The molecule has 14 unspecified atom stereocenters. The van der Waals surface area contributed by atoms with Crippen LogP contribution in [0.15, 0.2) is 183 Å². The molecule has 0 radical (unpaired) electrons. The summed E-state index contributed by atoms with van der Waals surface area (Å²) in [5.74, 6) is -2.91. The average molecular weight is 1300 g/mol. The summed E-state index contributed by atoms with van der Waals surface area (Å²) in [5.41, 5.74) is 36.2. The van der Waals surface area contributed by atoms with Gasteiger partial charge in [0, 0.05) is 93.2 Å². The second kappa shape index (κ2) is 30.5. The predicted molar refractivity (Wildman–Crippen MR) is 369 cm³/mol. The SMILES string of the molecule is NC(Cc1c[nH]c2ccccc12)C(=O)OCC1CC(COC(=O)C(N)Cc2c[nH]c3ccccc23)C(C2CCC(C3C(COC(=O)C(N)c4c[nH]c5ccccc45)CC(COC(=O)C(N)Cc4c[nH]c5ccccc45)C3COCc3ccccc3)C2)C1COCc1ccccc1. The predicted octanol–water partition coefficient (Wildman–Crippen LogP) is 11.1. The minimum Gasteiger partial charge on any atom is -0.464 e. The van der Waals surface area contributed by atoms with E-state index in [2.05, 4.69) is 19.9 Å². The van der Waals surface area contributed by atoms with E-state index in [1.165, 1.54) is 0 Å². The van der Waals surface area contributed by atoms with E-state index in [1.807, 2.05) is 176 Å². The van der Waals surface area contributed by atoms with E-state index in [-0.39, 0.29) is 92.0 Å². The molecule has 0 spiro atoms. The van der Waals surface area contributed by atoms with Gasteiger partial charge in [0.1, 0.15) is 24.2 Å². The zero-order valence-electron chi connectivity index (χ0n) is 54.1. The molecule has 18 heteroatoms. The summed E-state index contributed by atoms with van der Waals surface area (Å²) in [6, 6.07) is 47.9. The van der Waals surface area contributed by atoms with Crippen LogP contribution in [0.4, 0.5) is 0 Å². The summed E-state index contributed by atoms with van der Waals surface area (Å²) >= 11 is 0. The molecule has 4 heterocycles. The van der Waals surface area contributed by atoms with E-state index in [0.717, 1.165) is 90.7 Å². The molecular formula is C78H88N8O10. The summed E-state index contributed by atoms with van der Waals surface area (Å²) in [7, 11) is 0. The largest absolute Gasteiger partial charge is 0.464 e. The highest BCUT2D eigenvalue weighted by atomic mass is 16.5. The molecule has 3 aliphatic carbocycles. The van der Waals surface area contributed by atoms with E-state index in [4.69, 9.17) is 51.4 Å². The van der Waals surface area contributed by atoms with Gasteiger partial charge in [0.2, 0.25) is 0 Å². The fraction of sp³-hybridized carbons (Fsp3) is 0.385.